The highest BCUT2D eigenvalue weighted by molar-refractivity contribution is 7.16. The Morgan fingerprint density at radius 3 is 3.11 bits per heavy atom. The van der Waals surface area contributed by atoms with Gasteiger partial charge in [0.25, 0.3) is 0 Å². The van der Waals surface area contributed by atoms with Crippen molar-refractivity contribution >= 4 is 16.3 Å². The maximum Gasteiger partial charge on any atom is 0.234 e. The summed E-state index contributed by atoms with van der Waals surface area (Å²) in [6, 6.07) is 0. The monoisotopic (exact) mass is 281 g/mol. The molecular weight excluding hydrogens is 262 g/mol. The van der Waals surface area contributed by atoms with Crippen LogP contribution in [0.4, 0.5) is 0 Å². The van der Waals surface area contributed by atoms with Gasteiger partial charge in [0.1, 0.15) is 11.1 Å². The number of ether oxygens (including phenoxy) is 1. The smallest absolute Gasteiger partial charge is 0.234 e. The molecule has 0 aliphatic carbocycles. The molecule has 0 bridgehead atoms. The molecule has 2 aromatic heterocycles. The van der Waals surface area contributed by atoms with Crippen LogP contribution in [0, 0.1) is 0 Å². The van der Waals surface area contributed by atoms with Gasteiger partial charge in [-0.1, -0.05) is 24.7 Å². The average Bonchev–Trinajstić information content (AvgIpc) is 3.10. The van der Waals surface area contributed by atoms with Crippen molar-refractivity contribution in [1.29, 1.82) is 0 Å². The lowest BCUT2D eigenvalue weighted by molar-refractivity contribution is 0.103. The van der Waals surface area contributed by atoms with Gasteiger partial charge in [0.2, 0.25) is 4.96 Å². The maximum absolute atomic E-state index is 5.84. The molecule has 2 N–H and O–H groups in total. The zero-order valence-corrected chi connectivity index (χ0v) is 11.9. The minimum Gasteiger partial charge on any atom is -0.370 e. The highest BCUT2D eigenvalue weighted by Gasteiger charge is 2.26. The van der Waals surface area contributed by atoms with E-state index in [1.54, 1.807) is 11.3 Å². The molecule has 1 saturated heterocycles. The molecule has 0 radical (unpaired) electrons. The van der Waals surface area contributed by atoms with Gasteiger partial charge >= 0.3 is 0 Å². The van der Waals surface area contributed by atoms with Crippen LogP contribution >= 0.6 is 11.3 Å². The number of rotatable bonds is 5. The Morgan fingerprint density at radius 1 is 1.53 bits per heavy atom. The Morgan fingerprint density at radius 2 is 2.42 bits per heavy atom. The fourth-order valence-electron chi connectivity index (χ4n) is 2.48. The standard InChI is InChI=1S/C12H19N5OS/c1-2-4-8(7-13)11-16-17-10(9-5-3-6-18-9)14-15-12(17)19-11/h8-9H,2-7,13H2,1H3. The second-order valence-electron chi connectivity index (χ2n) is 4.92. The molecule has 7 heteroatoms. The second kappa shape index (κ2) is 5.52. The van der Waals surface area contributed by atoms with Gasteiger partial charge < -0.3 is 10.5 Å². The van der Waals surface area contributed by atoms with Crippen molar-refractivity contribution in [2.45, 2.75) is 44.6 Å². The zero-order chi connectivity index (χ0) is 13.2. The summed E-state index contributed by atoms with van der Waals surface area (Å²) in [7, 11) is 0. The van der Waals surface area contributed by atoms with Crippen LogP contribution in [0.5, 0.6) is 0 Å². The van der Waals surface area contributed by atoms with E-state index in [4.69, 9.17) is 10.5 Å². The summed E-state index contributed by atoms with van der Waals surface area (Å²) in [5, 5.41) is 14.1. The SMILES string of the molecule is CCCC(CN)c1nn2c(C3CCCO3)nnc2s1. The third-order valence-electron chi connectivity index (χ3n) is 3.52. The summed E-state index contributed by atoms with van der Waals surface area (Å²) < 4.78 is 7.51. The fourth-order valence-corrected chi connectivity index (χ4v) is 3.48. The number of aromatic nitrogens is 4. The molecule has 0 amide bonds. The van der Waals surface area contributed by atoms with Gasteiger partial charge in [-0.05, 0) is 19.3 Å². The molecule has 2 unspecified atom stereocenters. The number of hydrogen-bond acceptors (Lipinski definition) is 6. The predicted octanol–water partition coefficient (Wildman–Crippen LogP) is 1.88. The van der Waals surface area contributed by atoms with Crippen LogP contribution < -0.4 is 5.73 Å². The summed E-state index contributed by atoms with van der Waals surface area (Å²) in [4.78, 5) is 0.843. The van der Waals surface area contributed by atoms with E-state index in [0.29, 0.717) is 12.5 Å². The molecule has 0 spiro atoms. The van der Waals surface area contributed by atoms with Gasteiger partial charge in [-0.3, -0.25) is 0 Å². The first-order valence-electron chi connectivity index (χ1n) is 6.87. The molecule has 19 heavy (non-hydrogen) atoms. The minimum absolute atomic E-state index is 0.0486. The van der Waals surface area contributed by atoms with E-state index in [-0.39, 0.29) is 6.10 Å². The van der Waals surface area contributed by atoms with Crippen molar-refractivity contribution in [1.82, 2.24) is 19.8 Å². The lowest BCUT2D eigenvalue weighted by Crippen LogP contribution is -2.13. The Balaban J connectivity index is 1.92. The van der Waals surface area contributed by atoms with Gasteiger partial charge in [-0.2, -0.15) is 9.61 Å². The van der Waals surface area contributed by atoms with E-state index < -0.39 is 0 Å². The summed E-state index contributed by atoms with van der Waals surface area (Å²) in [5.74, 6) is 1.16. The molecule has 1 fully saturated rings. The molecule has 0 aromatic carbocycles. The number of hydrogen-bond donors (Lipinski definition) is 1. The van der Waals surface area contributed by atoms with Gasteiger partial charge in [0, 0.05) is 19.1 Å². The molecule has 104 valence electrons. The lowest BCUT2D eigenvalue weighted by atomic mass is 10.1. The number of fused-ring (bicyclic) bond motifs is 1. The Kier molecular flexibility index (Phi) is 3.76. The van der Waals surface area contributed by atoms with E-state index >= 15 is 0 Å². The fraction of sp³-hybridized carbons (Fsp3) is 0.750. The topological polar surface area (TPSA) is 78.3 Å². The molecule has 6 nitrogen and oxygen atoms in total. The Bertz CT molecular complexity index is 545. The highest BCUT2D eigenvalue weighted by Crippen LogP contribution is 2.30. The van der Waals surface area contributed by atoms with Crippen molar-refractivity contribution in [2.24, 2.45) is 5.73 Å². The van der Waals surface area contributed by atoms with E-state index in [1.165, 1.54) is 0 Å². The molecular formula is C12H19N5OS. The first-order valence-corrected chi connectivity index (χ1v) is 7.68. The predicted molar refractivity (Wildman–Crippen MR) is 73.3 cm³/mol. The van der Waals surface area contributed by atoms with Crippen LogP contribution in [0.3, 0.4) is 0 Å². The van der Waals surface area contributed by atoms with Crippen molar-refractivity contribution in [2.75, 3.05) is 13.2 Å². The van der Waals surface area contributed by atoms with E-state index in [9.17, 15) is 0 Å². The third-order valence-corrected chi connectivity index (χ3v) is 4.58. The van der Waals surface area contributed by atoms with Gasteiger partial charge in [-0.15, -0.1) is 10.2 Å². The first kappa shape index (κ1) is 13.0. The molecule has 0 saturated carbocycles. The van der Waals surface area contributed by atoms with Crippen LogP contribution in [-0.4, -0.2) is 33.0 Å². The van der Waals surface area contributed by atoms with Crippen LogP contribution in [0.2, 0.25) is 0 Å². The third kappa shape index (κ3) is 2.37. The minimum atomic E-state index is 0.0486. The van der Waals surface area contributed by atoms with Crippen molar-refractivity contribution in [3.8, 4) is 0 Å². The summed E-state index contributed by atoms with van der Waals surface area (Å²) in [6.07, 6.45) is 4.31. The molecule has 3 rings (SSSR count). The maximum atomic E-state index is 5.84. The van der Waals surface area contributed by atoms with Crippen LogP contribution in [0.15, 0.2) is 0 Å². The first-order chi connectivity index (χ1) is 9.33. The van der Waals surface area contributed by atoms with Crippen LogP contribution in [0.25, 0.3) is 4.96 Å². The molecule has 1 aliphatic rings. The largest absolute Gasteiger partial charge is 0.370 e. The molecule has 3 heterocycles. The number of nitrogens with two attached hydrogens (primary N) is 1. The van der Waals surface area contributed by atoms with E-state index in [0.717, 1.165) is 48.1 Å². The van der Waals surface area contributed by atoms with E-state index in [1.807, 2.05) is 4.52 Å². The van der Waals surface area contributed by atoms with Crippen molar-refractivity contribution in [3.63, 3.8) is 0 Å². The van der Waals surface area contributed by atoms with Crippen molar-refractivity contribution in [3.05, 3.63) is 10.8 Å². The van der Waals surface area contributed by atoms with Gasteiger partial charge in [-0.25, -0.2) is 0 Å². The summed E-state index contributed by atoms with van der Waals surface area (Å²) in [6.45, 7) is 3.60. The molecule has 2 aromatic rings. The number of nitrogens with zero attached hydrogens (tertiary/aromatic N) is 4. The van der Waals surface area contributed by atoms with E-state index in [2.05, 4.69) is 22.2 Å². The average molecular weight is 281 g/mol. The molecule has 2 atom stereocenters. The quantitative estimate of drug-likeness (QED) is 0.905. The second-order valence-corrected chi connectivity index (χ2v) is 5.90. The normalized spacial score (nSPS) is 21.3. The molecule has 1 aliphatic heterocycles. The van der Waals surface area contributed by atoms with Crippen LogP contribution in [0.1, 0.15) is 55.5 Å². The summed E-state index contributed by atoms with van der Waals surface area (Å²) >= 11 is 1.59. The summed E-state index contributed by atoms with van der Waals surface area (Å²) in [5.41, 5.74) is 5.84. The van der Waals surface area contributed by atoms with Crippen molar-refractivity contribution < 1.29 is 4.74 Å². The van der Waals surface area contributed by atoms with Crippen LogP contribution in [-0.2, 0) is 4.74 Å². The van der Waals surface area contributed by atoms with Gasteiger partial charge in [0.05, 0.1) is 0 Å². The van der Waals surface area contributed by atoms with Gasteiger partial charge in [0.15, 0.2) is 5.82 Å². The Hall–Kier alpha value is -1.05. The zero-order valence-electron chi connectivity index (χ0n) is 11.1. The Labute approximate surface area is 116 Å². The lowest BCUT2D eigenvalue weighted by Gasteiger charge is -2.09. The highest BCUT2D eigenvalue weighted by atomic mass is 32.1.